The van der Waals surface area contributed by atoms with Gasteiger partial charge in [-0.3, -0.25) is 9.59 Å². The van der Waals surface area contributed by atoms with Gasteiger partial charge in [-0.25, -0.2) is 0 Å². The molecule has 1 aromatic carbocycles. The average molecular weight is 426 g/mol. The van der Waals surface area contributed by atoms with Crippen LogP contribution in [0.15, 0.2) is 57.4 Å². The molecule has 3 aromatic rings. The molecule has 1 N–H and O–H groups in total. The molecule has 1 fully saturated rings. The summed E-state index contributed by atoms with van der Waals surface area (Å²) in [7, 11) is 0. The van der Waals surface area contributed by atoms with Gasteiger partial charge in [-0.1, -0.05) is 17.7 Å². The molecule has 30 heavy (non-hydrogen) atoms. The van der Waals surface area contributed by atoms with E-state index in [2.05, 4.69) is 10.3 Å². The number of amides is 2. The molecule has 2 aromatic heterocycles. The standard InChI is InChI=1S/C22H23N3O4S/c1-15-4-2-5-16(12-15)20(26)24-22-25(9-11-30-22)14-18-7-8-19(29-18)21(27)23-13-17-6-3-10-28-17/h2,4-5,7-9,11-12,17H,3,6,10,13-14H2,1H3,(H,23,27)/t17-/m1/s1. The van der Waals surface area contributed by atoms with Crippen LogP contribution in [0.3, 0.4) is 0 Å². The molecule has 2 amide bonds. The van der Waals surface area contributed by atoms with Crippen LogP contribution in [0.25, 0.3) is 0 Å². The maximum absolute atomic E-state index is 12.5. The Hall–Kier alpha value is -2.97. The smallest absolute Gasteiger partial charge is 0.287 e. The normalized spacial score (nSPS) is 16.7. The Balaban J connectivity index is 1.42. The minimum absolute atomic E-state index is 0.0832. The molecule has 1 atom stereocenters. The highest BCUT2D eigenvalue weighted by Gasteiger charge is 2.18. The maximum atomic E-state index is 12.5. The molecule has 0 aliphatic carbocycles. The number of nitrogens with one attached hydrogen (secondary N) is 1. The van der Waals surface area contributed by atoms with E-state index in [1.165, 1.54) is 11.3 Å². The van der Waals surface area contributed by atoms with Crippen LogP contribution in [0.4, 0.5) is 0 Å². The molecule has 0 bridgehead atoms. The lowest BCUT2D eigenvalue weighted by Gasteiger charge is -2.09. The predicted octanol–water partition coefficient (Wildman–Crippen LogP) is 3.15. The summed E-state index contributed by atoms with van der Waals surface area (Å²) in [6.07, 6.45) is 3.92. The first kappa shape index (κ1) is 20.3. The Morgan fingerprint density at radius 3 is 3.00 bits per heavy atom. The van der Waals surface area contributed by atoms with Gasteiger partial charge in [0.1, 0.15) is 5.76 Å². The summed E-state index contributed by atoms with van der Waals surface area (Å²) in [6, 6.07) is 10.8. The van der Waals surface area contributed by atoms with Crippen LogP contribution in [-0.2, 0) is 11.3 Å². The first-order chi connectivity index (χ1) is 14.6. The van der Waals surface area contributed by atoms with Gasteiger partial charge in [0.15, 0.2) is 10.6 Å². The summed E-state index contributed by atoms with van der Waals surface area (Å²) in [5, 5.41) is 4.71. The summed E-state index contributed by atoms with van der Waals surface area (Å²) < 4.78 is 13.0. The van der Waals surface area contributed by atoms with E-state index < -0.39 is 0 Å². The highest BCUT2D eigenvalue weighted by molar-refractivity contribution is 7.07. The Morgan fingerprint density at radius 1 is 1.30 bits per heavy atom. The third-order valence-electron chi connectivity index (χ3n) is 4.85. The number of thiazole rings is 1. The molecule has 0 saturated carbocycles. The van der Waals surface area contributed by atoms with Gasteiger partial charge in [0.25, 0.3) is 11.8 Å². The lowest BCUT2D eigenvalue weighted by molar-refractivity contribution is 0.0833. The average Bonchev–Trinajstić information content (AvgIpc) is 3.49. The monoisotopic (exact) mass is 425 g/mol. The van der Waals surface area contributed by atoms with Crippen LogP contribution in [0.5, 0.6) is 0 Å². The zero-order valence-electron chi connectivity index (χ0n) is 16.7. The molecule has 4 rings (SSSR count). The van der Waals surface area contributed by atoms with E-state index in [-0.39, 0.29) is 23.7 Å². The van der Waals surface area contributed by atoms with Gasteiger partial charge in [-0.05, 0) is 44.0 Å². The van der Waals surface area contributed by atoms with E-state index in [1.807, 2.05) is 41.3 Å². The number of carbonyl (C=O) groups excluding carboxylic acids is 2. The van der Waals surface area contributed by atoms with Gasteiger partial charge >= 0.3 is 0 Å². The van der Waals surface area contributed by atoms with Crippen molar-refractivity contribution in [3.63, 3.8) is 0 Å². The fourth-order valence-corrected chi connectivity index (χ4v) is 4.01. The van der Waals surface area contributed by atoms with Crippen molar-refractivity contribution < 1.29 is 18.7 Å². The fourth-order valence-electron chi connectivity index (χ4n) is 3.29. The fraction of sp³-hybridized carbons (Fsp3) is 0.318. The summed E-state index contributed by atoms with van der Waals surface area (Å²) in [4.78, 5) is 29.6. The second-order valence-corrected chi connectivity index (χ2v) is 8.08. The number of carbonyl (C=O) groups is 2. The van der Waals surface area contributed by atoms with Gasteiger partial charge in [0.05, 0.1) is 12.6 Å². The molecule has 3 heterocycles. The van der Waals surface area contributed by atoms with Gasteiger partial charge in [-0.2, -0.15) is 4.99 Å². The van der Waals surface area contributed by atoms with E-state index in [0.717, 1.165) is 25.0 Å². The predicted molar refractivity (Wildman–Crippen MR) is 112 cm³/mol. The van der Waals surface area contributed by atoms with Crippen LogP contribution >= 0.6 is 11.3 Å². The minimum Gasteiger partial charge on any atom is -0.454 e. The third-order valence-corrected chi connectivity index (χ3v) is 5.64. The molecule has 1 aliphatic rings. The van der Waals surface area contributed by atoms with Crippen molar-refractivity contribution in [2.75, 3.05) is 13.2 Å². The van der Waals surface area contributed by atoms with Crippen LogP contribution in [0.2, 0.25) is 0 Å². The van der Waals surface area contributed by atoms with Crippen LogP contribution < -0.4 is 10.1 Å². The van der Waals surface area contributed by atoms with Crippen molar-refractivity contribution in [1.29, 1.82) is 0 Å². The summed E-state index contributed by atoms with van der Waals surface area (Å²) in [6.45, 7) is 3.55. The van der Waals surface area contributed by atoms with Gasteiger partial charge in [0.2, 0.25) is 0 Å². The van der Waals surface area contributed by atoms with Crippen LogP contribution in [-0.4, -0.2) is 35.6 Å². The molecular weight excluding hydrogens is 402 g/mol. The topological polar surface area (TPSA) is 85.8 Å². The largest absolute Gasteiger partial charge is 0.454 e. The number of nitrogens with zero attached hydrogens (tertiary/aromatic N) is 2. The quantitative estimate of drug-likeness (QED) is 0.657. The van der Waals surface area contributed by atoms with E-state index in [9.17, 15) is 9.59 Å². The summed E-state index contributed by atoms with van der Waals surface area (Å²) in [5.74, 6) is 0.323. The van der Waals surface area contributed by atoms with E-state index >= 15 is 0 Å². The van der Waals surface area contributed by atoms with E-state index in [4.69, 9.17) is 9.15 Å². The molecule has 8 heteroatoms. The van der Waals surface area contributed by atoms with Gasteiger partial charge in [-0.15, -0.1) is 11.3 Å². The number of aryl methyl sites for hydroxylation is 1. The molecule has 156 valence electrons. The number of aromatic nitrogens is 1. The number of ether oxygens (including phenoxy) is 1. The van der Waals surface area contributed by atoms with Gasteiger partial charge in [0, 0.05) is 30.3 Å². The van der Waals surface area contributed by atoms with Crippen molar-refractivity contribution >= 4 is 23.2 Å². The van der Waals surface area contributed by atoms with Crippen LogP contribution in [0.1, 0.15) is 45.1 Å². The molecular formula is C22H23N3O4S. The lowest BCUT2D eigenvalue weighted by Crippen LogP contribution is -2.31. The molecule has 1 saturated heterocycles. The van der Waals surface area contributed by atoms with Crippen molar-refractivity contribution in [3.8, 4) is 0 Å². The zero-order chi connectivity index (χ0) is 20.9. The Morgan fingerprint density at radius 2 is 2.20 bits per heavy atom. The molecule has 0 spiro atoms. The highest BCUT2D eigenvalue weighted by atomic mass is 32.1. The highest BCUT2D eigenvalue weighted by Crippen LogP contribution is 2.13. The Labute approximate surface area is 178 Å². The second-order valence-electron chi connectivity index (χ2n) is 7.21. The number of furan rings is 1. The number of hydrogen-bond acceptors (Lipinski definition) is 5. The van der Waals surface area contributed by atoms with Crippen molar-refractivity contribution in [3.05, 3.63) is 75.4 Å². The molecule has 0 unspecified atom stereocenters. The van der Waals surface area contributed by atoms with E-state index in [1.54, 1.807) is 18.2 Å². The zero-order valence-corrected chi connectivity index (χ0v) is 17.5. The lowest BCUT2D eigenvalue weighted by atomic mass is 10.1. The maximum Gasteiger partial charge on any atom is 0.287 e. The summed E-state index contributed by atoms with van der Waals surface area (Å²) >= 11 is 1.37. The Bertz CT molecular complexity index is 1110. The minimum atomic E-state index is -0.288. The first-order valence-electron chi connectivity index (χ1n) is 9.86. The first-order valence-corrected chi connectivity index (χ1v) is 10.7. The molecule has 1 aliphatic heterocycles. The number of hydrogen-bond donors (Lipinski definition) is 1. The summed E-state index contributed by atoms with van der Waals surface area (Å²) in [5.41, 5.74) is 1.56. The second kappa shape index (κ2) is 9.23. The van der Waals surface area contributed by atoms with Gasteiger partial charge < -0.3 is 19.0 Å². The van der Waals surface area contributed by atoms with E-state index in [0.29, 0.717) is 29.2 Å². The third kappa shape index (κ3) is 4.95. The van der Waals surface area contributed by atoms with Crippen molar-refractivity contribution in [1.82, 2.24) is 9.88 Å². The van der Waals surface area contributed by atoms with Crippen molar-refractivity contribution in [2.45, 2.75) is 32.4 Å². The Kier molecular flexibility index (Phi) is 6.25. The molecule has 7 nitrogen and oxygen atoms in total. The SMILES string of the molecule is Cc1cccc(C(=O)N=c2sccn2Cc2ccc(C(=O)NC[C@H]3CCCO3)o2)c1. The van der Waals surface area contributed by atoms with Crippen LogP contribution in [0, 0.1) is 6.92 Å². The molecule has 0 radical (unpaired) electrons. The van der Waals surface area contributed by atoms with Crippen molar-refractivity contribution in [2.24, 2.45) is 4.99 Å². The number of rotatable bonds is 6. The number of benzene rings is 1.